The highest BCUT2D eigenvalue weighted by atomic mass is 32.2. The number of anilines is 1. The van der Waals surface area contributed by atoms with Gasteiger partial charge in [0.15, 0.2) is 0 Å². The van der Waals surface area contributed by atoms with Crippen LogP contribution in [0.5, 0.6) is 0 Å². The van der Waals surface area contributed by atoms with Crippen LogP contribution in [0.3, 0.4) is 0 Å². The van der Waals surface area contributed by atoms with E-state index in [1.807, 2.05) is 6.07 Å². The number of hydrogen-bond donors (Lipinski definition) is 1. The van der Waals surface area contributed by atoms with Gasteiger partial charge in [0.1, 0.15) is 29.1 Å². The fourth-order valence-electron chi connectivity index (χ4n) is 1.56. The molecule has 0 spiro atoms. The topological polar surface area (TPSA) is 75.6 Å². The standard InChI is InChI=1S/C13H11FN4S/c1-8-9(6-15)13(16)18-12(17-8)7-19-11-5-3-2-4-10(11)14/h2-5H,7H2,1H3,(H2,16,17,18). The summed E-state index contributed by atoms with van der Waals surface area (Å²) < 4.78 is 13.4. The quantitative estimate of drug-likeness (QED) is 0.871. The van der Waals surface area contributed by atoms with E-state index in [0.717, 1.165) is 0 Å². The zero-order chi connectivity index (χ0) is 13.8. The van der Waals surface area contributed by atoms with Gasteiger partial charge in [-0.05, 0) is 19.1 Å². The minimum atomic E-state index is -0.272. The van der Waals surface area contributed by atoms with Gasteiger partial charge in [-0.1, -0.05) is 12.1 Å². The van der Waals surface area contributed by atoms with Crippen molar-refractivity contribution in [2.75, 3.05) is 5.73 Å². The van der Waals surface area contributed by atoms with Crippen LogP contribution in [0, 0.1) is 24.1 Å². The van der Waals surface area contributed by atoms with Crippen LogP contribution in [0.4, 0.5) is 10.2 Å². The highest BCUT2D eigenvalue weighted by Crippen LogP contribution is 2.24. The van der Waals surface area contributed by atoms with Gasteiger partial charge in [-0.25, -0.2) is 14.4 Å². The SMILES string of the molecule is Cc1nc(CSc2ccccc2F)nc(N)c1C#N. The normalized spacial score (nSPS) is 10.2. The van der Waals surface area contributed by atoms with Gasteiger partial charge in [-0.15, -0.1) is 11.8 Å². The summed E-state index contributed by atoms with van der Waals surface area (Å²) >= 11 is 1.29. The first kappa shape index (κ1) is 13.3. The molecule has 0 unspecified atom stereocenters. The van der Waals surface area contributed by atoms with Crippen molar-refractivity contribution in [2.24, 2.45) is 0 Å². The first-order valence-electron chi connectivity index (χ1n) is 5.52. The predicted molar refractivity (Wildman–Crippen MR) is 71.9 cm³/mol. The van der Waals surface area contributed by atoms with Crippen LogP contribution in [-0.2, 0) is 5.75 Å². The average Bonchev–Trinajstić information content (AvgIpc) is 2.37. The Bertz CT molecular complexity index is 628. The molecule has 2 aromatic rings. The Hall–Kier alpha value is -2.13. The van der Waals surface area contributed by atoms with Gasteiger partial charge in [-0.2, -0.15) is 5.26 Å². The Morgan fingerprint density at radius 1 is 1.37 bits per heavy atom. The Morgan fingerprint density at radius 3 is 2.74 bits per heavy atom. The van der Waals surface area contributed by atoms with E-state index in [0.29, 0.717) is 27.7 Å². The van der Waals surface area contributed by atoms with Crippen LogP contribution >= 0.6 is 11.8 Å². The van der Waals surface area contributed by atoms with Crippen molar-refractivity contribution in [1.29, 1.82) is 5.26 Å². The second kappa shape index (κ2) is 5.67. The van der Waals surface area contributed by atoms with Crippen molar-refractivity contribution in [3.8, 4) is 6.07 Å². The second-order valence-corrected chi connectivity index (χ2v) is 4.83. The number of thioether (sulfide) groups is 1. The van der Waals surface area contributed by atoms with Crippen LogP contribution in [0.2, 0.25) is 0 Å². The summed E-state index contributed by atoms with van der Waals surface area (Å²) in [6, 6.07) is 8.46. The number of nitrogen functional groups attached to an aromatic ring is 1. The van der Waals surface area contributed by atoms with Crippen LogP contribution in [-0.4, -0.2) is 9.97 Å². The van der Waals surface area contributed by atoms with Gasteiger partial charge in [0.25, 0.3) is 0 Å². The van der Waals surface area contributed by atoms with E-state index < -0.39 is 0 Å². The third kappa shape index (κ3) is 3.01. The molecule has 6 heteroatoms. The Labute approximate surface area is 114 Å². The molecule has 1 heterocycles. The summed E-state index contributed by atoms with van der Waals surface area (Å²) in [5.41, 5.74) is 6.51. The summed E-state index contributed by atoms with van der Waals surface area (Å²) in [5.74, 6) is 0.782. The van der Waals surface area contributed by atoms with Crippen molar-refractivity contribution in [3.05, 3.63) is 47.2 Å². The maximum absolute atomic E-state index is 13.4. The first-order chi connectivity index (χ1) is 9.11. The predicted octanol–water partition coefficient (Wildman–Crippen LogP) is 2.67. The van der Waals surface area contributed by atoms with Crippen LogP contribution in [0.15, 0.2) is 29.2 Å². The highest BCUT2D eigenvalue weighted by Gasteiger charge is 2.09. The summed E-state index contributed by atoms with van der Waals surface area (Å²) in [4.78, 5) is 8.78. The Kier molecular flexibility index (Phi) is 3.97. The van der Waals surface area contributed by atoms with Crippen molar-refractivity contribution < 1.29 is 4.39 Å². The van der Waals surface area contributed by atoms with Crippen molar-refractivity contribution in [1.82, 2.24) is 9.97 Å². The number of aryl methyl sites for hydroxylation is 1. The van der Waals surface area contributed by atoms with E-state index in [1.54, 1.807) is 25.1 Å². The average molecular weight is 274 g/mol. The minimum absolute atomic E-state index is 0.166. The molecule has 0 fully saturated rings. The van der Waals surface area contributed by atoms with Gasteiger partial charge >= 0.3 is 0 Å². The number of nitrogens with zero attached hydrogens (tertiary/aromatic N) is 3. The van der Waals surface area contributed by atoms with Gasteiger partial charge in [0.05, 0.1) is 11.4 Å². The van der Waals surface area contributed by atoms with Gasteiger partial charge in [0.2, 0.25) is 0 Å². The van der Waals surface area contributed by atoms with Crippen molar-refractivity contribution in [2.45, 2.75) is 17.6 Å². The lowest BCUT2D eigenvalue weighted by Crippen LogP contribution is -2.04. The fourth-order valence-corrected chi connectivity index (χ4v) is 2.36. The molecule has 0 radical (unpaired) electrons. The monoisotopic (exact) mass is 274 g/mol. The number of benzene rings is 1. The summed E-state index contributed by atoms with van der Waals surface area (Å²) in [6.07, 6.45) is 0. The molecule has 0 atom stereocenters. The molecule has 0 bridgehead atoms. The van der Waals surface area contributed by atoms with Crippen LogP contribution in [0.1, 0.15) is 17.1 Å². The van der Waals surface area contributed by atoms with E-state index in [1.165, 1.54) is 17.8 Å². The number of aromatic nitrogens is 2. The lowest BCUT2D eigenvalue weighted by molar-refractivity contribution is 0.602. The van der Waals surface area contributed by atoms with E-state index in [-0.39, 0.29) is 11.6 Å². The van der Waals surface area contributed by atoms with E-state index in [9.17, 15) is 4.39 Å². The Morgan fingerprint density at radius 2 is 2.11 bits per heavy atom. The summed E-state index contributed by atoms with van der Waals surface area (Å²) in [5, 5.41) is 8.87. The molecule has 4 nitrogen and oxygen atoms in total. The van der Waals surface area contributed by atoms with Gasteiger partial charge in [-0.3, -0.25) is 0 Å². The van der Waals surface area contributed by atoms with E-state index in [2.05, 4.69) is 9.97 Å². The molecular weight excluding hydrogens is 263 g/mol. The van der Waals surface area contributed by atoms with E-state index in [4.69, 9.17) is 11.0 Å². The summed E-state index contributed by atoms with van der Waals surface area (Å²) in [6.45, 7) is 1.70. The number of hydrogen-bond acceptors (Lipinski definition) is 5. The number of rotatable bonds is 3. The molecule has 0 amide bonds. The van der Waals surface area contributed by atoms with Gasteiger partial charge < -0.3 is 5.73 Å². The number of nitriles is 1. The summed E-state index contributed by atoms with van der Waals surface area (Å²) in [7, 11) is 0. The Balaban J connectivity index is 2.17. The largest absolute Gasteiger partial charge is 0.382 e. The molecule has 1 aromatic carbocycles. The molecule has 2 N–H and O–H groups in total. The third-order valence-electron chi connectivity index (χ3n) is 2.47. The van der Waals surface area contributed by atoms with E-state index >= 15 is 0 Å². The van der Waals surface area contributed by atoms with Gasteiger partial charge in [0, 0.05) is 4.90 Å². The lowest BCUT2D eigenvalue weighted by atomic mass is 10.2. The highest BCUT2D eigenvalue weighted by molar-refractivity contribution is 7.98. The molecular formula is C13H11FN4S. The number of halogens is 1. The molecule has 19 heavy (non-hydrogen) atoms. The number of nitrogens with two attached hydrogens (primary N) is 1. The first-order valence-corrected chi connectivity index (χ1v) is 6.50. The molecule has 1 aromatic heterocycles. The minimum Gasteiger partial charge on any atom is -0.382 e. The lowest BCUT2D eigenvalue weighted by Gasteiger charge is -2.05. The molecule has 0 aliphatic heterocycles. The second-order valence-electron chi connectivity index (χ2n) is 3.82. The molecule has 0 aliphatic rings. The molecule has 0 saturated carbocycles. The maximum Gasteiger partial charge on any atom is 0.145 e. The smallest absolute Gasteiger partial charge is 0.145 e. The fraction of sp³-hybridized carbons (Fsp3) is 0.154. The maximum atomic E-state index is 13.4. The van der Waals surface area contributed by atoms with Crippen LogP contribution < -0.4 is 5.73 Å². The molecule has 0 saturated heterocycles. The molecule has 96 valence electrons. The molecule has 0 aliphatic carbocycles. The third-order valence-corrected chi connectivity index (χ3v) is 3.51. The zero-order valence-corrected chi connectivity index (χ0v) is 11.0. The van der Waals surface area contributed by atoms with Crippen LogP contribution in [0.25, 0.3) is 0 Å². The van der Waals surface area contributed by atoms with Crippen molar-refractivity contribution in [3.63, 3.8) is 0 Å². The zero-order valence-electron chi connectivity index (χ0n) is 10.2. The molecule has 2 rings (SSSR count). The van der Waals surface area contributed by atoms with Crippen molar-refractivity contribution >= 4 is 17.6 Å².